The molecule has 4 aliphatic rings. The first-order chi connectivity index (χ1) is 10.5. The van der Waals surface area contributed by atoms with Crippen molar-refractivity contribution in [2.24, 2.45) is 29.1 Å². The lowest BCUT2D eigenvalue weighted by Crippen LogP contribution is -2.52. The topological polar surface area (TPSA) is 37.3 Å². The molecule has 0 radical (unpaired) electrons. The molecule has 2 heteroatoms. The summed E-state index contributed by atoms with van der Waals surface area (Å²) in [7, 11) is 0. The number of hydrogen-bond donors (Lipinski definition) is 1. The molecule has 3 saturated carbocycles. The third-order valence-electron chi connectivity index (χ3n) is 7.69. The van der Waals surface area contributed by atoms with Crippen molar-refractivity contribution in [3.8, 4) is 12.3 Å². The molecule has 4 aliphatic carbocycles. The van der Waals surface area contributed by atoms with Gasteiger partial charge in [0.15, 0.2) is 5.78 Å². The summed E-state index contributed by atoms with van der Waals surface area (Å²) in [4.78, 5) is 11.7. The summed E-state index contributed by atoms with van der Waals surface area (Å²) in [5.41, 5.74) is 0.418. The molecule has 6 atom stereocenters. The van der Waals surface area contributed by atoms with Gasteiger partial charge in [-0.3, -0.25) is 4.79 Å². The average molecular weight is 298 g/mol. The zero-order chi connectivity index (χ0) is 15.5. The normalized spacial score (nSPS) is 50.4. The zero-order valence-electron chi connectivity index (χ0n) is 13.5. The van der Waals surface area contributed by atoms with Crippen LogP contribution < -0.4 is 0 Å². The number of rotatable bonds is 0. The molecule has 0 aromatic rings. The van der Waals surface area contributed by atoms with E-state index >= 15 is 0 Å². The highest BCUT2D eigenvalue weighted by Crippen LogP contribution is 2.64. The Morgan fingerprint density at radius 2 is 2.00 bits per heavy atom. The van der Waals surface area contributed by atoms with E-state index in [4.69, 9.17) is 6.42 Å². The molecule has 0 amide bonds. The second-order valence-electron chi connectivity index (χ2n) is 8.30. The molecule has 0 unspecified atom stereocenters. The number of carbonyl (C=O) groups is 1. The lowest BCUT2D eigenvalue weighted by atomic mass is 9.50. The molecule has 0 heterocycles. The van der Waals surface area contributed by atoms with Crippen molar-refractivity contribution < 1.29 is 9.90 Å². The number of carbonyl (C=O) groups excluding carboxylic acids is 1. The fourth-order valence-electron chi connectivity index (χ4n) is 6.43. The standard InChI is InChI=1S/C20H26O2/c1-3-20(22)11-9-18-17-6-4-13-12-14(21)5-7-15(13)16(17)8-10-19(18,20)2/h1,12,15-18,22H,4-11H2,2H3/t15-,16-,17-,18+,19-,20-/m0/s1. The number of allylic oxidation sites excluding steroid dienone is 1. The third kappa shape index (κ3) is 1.75. The number of terminal acetylenes is 1. The van der Waals surface area contributed by atoms with Crippen molar-refractivity contribution in [3.63, 3.8) is 0 Å². The number of aliphatic hydroxyl groups is 1. The Labute approximate surface area is 133 Å². The van der Waals surface area contributed by atoms with Gasteiger partial charge in [-0.25, -0.2) is 0 Å². The number of hydrogen-bond acceptors (Lipinski definition) is 2. The molecule has 22 heavy (non-hydrogen) atoms. The fraction of sp³-hybridized carbons (Fsp3) is 0.750. The lowest BCUT2D eigenvalue weighted by molar-refractivity contribution is -0.116. The summed E-state index contributed by atoms with van der Waals surface area (Å²) in [6, 6.07) is 0. The Kier molecular flexibility index (Phi) is 3.11. The van der Waals surface area contributed by atoms with E-state index in [1.807, 2.05) is 6.08 Å². The van der Waals surface area contributed by atoms with Gasteiger partial charge in [0.2, 0.25) is 0 Å². The predicted molar refractivity (Wildman–Crippen MR) is 85.9 cm³/mol. The summed E-state index contributed by atoms with van der Waals surface area (Å²) in [5, 5.41) is 10.9. The van der Waals surface area contributed by atoms with E-state index in [2.05, 4.69) is 12.8 Å². The van der Waals surface area contributed by atoms with Crippen LogP contribution in [-0.4, -0.2) is 16.5 Å². The summed E-state index contributed by atoms with van der Waals surface area (Å²) in [5.74, 6) is 5.66. The first-order valence-electron chi connectivity index (χ1n) is 8.92. The van der Waals surface area contributed by atoms with Gasteiger partial charge in [0.25, 0.3) is 0 Å². The van der Waals surface area contributed by atoms with Crippen LogP contribution in [0.2, 0.25) is 0 Å². The van der Waals surface area contributed by atoms with Gasteiger partial charge in [-0.05, 0) is 74.7 Å². The van der Waals surface area contributed by atoms with Gasteiger partial charge in [0.1, 0.15) is 5.60 Å². The van der Waals surface area contributed by atoms with Crippen LogP contribution in [-0.2, 0) is 4.79 Å². The lowest BCUT2D eigenvalue weighted by Gasteiger charge is -2.54. The first kappa shape index (κ1) is 14.5. The van der Waals surface area contributed by atoms with Crippen LogP contribution in [0.3, 0.4) is 0 Å². The maximum absolute atomic E-state index is 11.7. The fourth-order valence-corrected chi connectivity index (χ4v) is 6.43. The maximum Gasteiger partial charge on any atom is 0.155 e. The van der Waals surface area contributed by atoms with Crippen molar-refractivity contribution in [3.05, 3.63) is 11.6 Å². The maximum atomic E-state index is 11.7. The molecule has 0 aliphatic heterocycles. The quantitative estimate of drug-likeness (QED) is 0.695. The van der Waals surface area contributed by atoms with Gasteiger partial charge in [0.05, 0.1) is 0 Å². The van der Waals surface area contributed by atoms with E-state index in [9.17, 15) is 9.90 Å². The molecule has 0 aromatic carbocycles. The minimum absolute atomic E-state index is 0.103. The van der Waals surface area contributed by atoms with Gasteiger partial charge >= 0.3 is 0 Å². The molecule has 3 fully saturated rings. The second kappa shape index (κ2) is 4.71. The van der Waals surface area contributed by atoms with Crippen molar-refractivity contribution in [2.75, 3.05) is 0 Å². The largest absolute Gasteiger partial charge is 0.377 e. The minimum atomic E-state index is -0.902. The van der Waals surface area contributed by atoms with E-state index < -0.39 is 5.60 Å². The molecule has 4 rings (SSSR count). The number of ketones is 1. The van der Waals surface area contributed by atoms with Crippen LogP contribution in [0, 0.1) is 41.4 Å². The second-order valence-corrected chi connectivity index (χ2v) is 8.30. The van der Waals surface area contributed by atoms with Crippen LogP contribution in [0.5, 0.6) is 0 Å². The van der Waals surface area contributed by atoms with Crippen LogP contribution in [0.4, 0.5) is 0 Å². The molecule has 0 aromatic heterocycles. The van der Waals surface area contributed by atoms with Crippen molar-refractivity contribution in [1.29, 1.82) is 0 Å². The highest BCUT2D eigenvalue weighted by Gasteiger charge is 2.61. The molecule has 0 bridgehead atoms. The minimum Gasteiger partial charge on any atom is -0.377 e. The summed E-state index contributed by atoms with van der Waals surface area (Å²) >= 11 is 0. The number of fused-ring (bicyclic) bond motifs is 5. The third-order valence-corrected chi connectivity index (χ3v) is 7.69. The molecule has 0 saturated heterocycles. The monoisotopic (exact) mass is 298 g/mol. The Morgan fingerprint density at radius 1 is 1.18 bits per heavy atom. The Hall–Kier alpha value is -1.07. The van der Waals surface area contributed by atoms with Crippen molar-refractivity contribution in [2.45, 2.75) is 63.9 Å². The van der Waals surface area contributed by atoms with E-state index in [0.717, 1.165) is 44.9 Å². The highest BCUT2D eigenvalue weighted by molar-refractivity contribution is 5.91. The van der Waals surface area contributed by atoms with E-state index in [-0.39, 0.29) is 5.41 Å². The van der Waals surface area contributed by atoms with E-state index in [0.29, 0.717) is 29.5 Å². The van der Waals surface area contributed by atoms with Crippen LogP contribution in [0.15, 0.2) is 11.6 Å². The first-order valence-corrected chi connectivity index (χ1v) is 8.92. The smallest absolute Gasteiger partial charge is 0.155 e. The van der Waals surface area contributed by atoms with E-state index in [1.54, 1.807) is 0 Å². The summed E-state index contributed by atoms with van der Waals surface area (Å²) < 4.78 is 0. The SMILES string of the molecule is C#C[C@]1(O)CC[C@@H]2[C@H]3CCC4=CC(=O)CC[C@@H]4[C@@H]3CC[C@@]21C. The molecular formula is C20H26O2. The van der Waals surface area contributed by atoms with Gasteiger partial charge in [0, 0.05) is 11.8 Å². The summed E-state index contributed by atoms with van der Waals surface area (Å²) in [6.07, 6.45) is 15.7. The Bertz CT molecular complexity index is 583. The van der Waals surface area contributed by atoms with E-state index in [1.165, 1.54) is 12.0 Å². The average Bonchev–Trinajstić information content (AvgIpc) is 2.79. The van der Waals surface area contributed by atoms with Crippen molar-refractivity contribution >= 4 is 5.78 Å². The van der Waals surface area contributed by atoms with Gasteiger partial charge < -0.3 is 5.11 Å². The zero-order valence-corrected chi connectivity index (χ0v) is 13.5. The molecule has 1 N–H and O–H groups in total. The molecule has 118 valence electrons. The van der Waals surface area contributed by atoms with Crippen LogP contribution in [0.1, 0.15) is 58.3 Å². The molecule has 0 spiro atoms. The van der Waals surface area contributed by atoms with Crippen LogP contribution in [0.25, 0.3) is 0 Å². The Balaban J connectivity index is 1.65. The predicted octanol–water partition coefficient (Wildman–Crippen LogP) is 3.49. The Morgan fingerprint density at radius 3 is 2.77 bits per heavy atom. The van der Waals surface area contributed by atoms with Gasteiger partial charge in [-0.15, -0.1) is 6.42 Å². The van der Waals surface area contributed by atoms with Crippen molar-refractivity contribution in [1.82, 2.24) is 0 Å². The van der Waals surface area contributed by atoms with Gasteiger partial charge in [-0.2, -0.15) is 0 Å². The summed E-state index contributed by atoms with van der Waals surface area (Å²) in [6.45, 7) is 2.23. The highest BCUT2D eigenvalue weighted by atomic mass is 16.3. The molecular weight excluding hydrogens is 272 g/mol. The van der Waals surface area contributed by atoms with Crippen LogP contribution >= 0.6 is 0 Å². The molecule has 2 nitrogen and oxygen atoms in total. The van der Waals surface area contributed by atoms with Gasteiger partial charge in [-0.1, -0.05) is 18.4 Å².